The van der Waals surface area contributed by atoms with Gasteiger partial charge in [0.2, 0.25) is 0 Å². The van der Waals surface area contributed by atoms with Gasteiger partial charge < -0.3 is 14.8 Å². The number of nitrogens with zero attached hydrogens (tertiary/aromatic N) is 1. The number of hydrogen-bond donors (Lipinski definition) is 1. The SMILES string of the molecule is COCCNC(=O)C(C)Oc1cccnc1Cl. The van der Waals surface area contributed by atoms with Gasteiger partial charge in [-0.3, -0.25) is 4.79 Å². The van der Waals surface area contributed by atoms with Crippen LogP contribution in [0.3, 0.4) is 0 Å². The monoisotopic (exact) mass is 258 g/mol. The maximum absolute atomic E-state index is 11.6. The standard InChI is InChI=1S/C11H15ClN2O3/c1-8(11(15)14-6-7-16-2)17-9-4-3-5-13-10(9)12/h3-5,8H,6-7H2,1-2H3,(H,14,15). The molecule has 1 N–H and O–H groups in total. The average Bonchev–Trinajstić information content (AvgIpc) is 2.32. The van der Waals surface area contributed by atoms with Crippen molar-refractivity contribution >= 4 is 17.5 Å². The molecule has 1 amide bonds. The van der Waals surface area contributed by atoms with Gasteiger partial charge in [0.05, 0.1) is 6.61 Å². The van der Waals surface area contributed by atoms with Gasteiger partial charge in [0.15, 0.2) is 17.0 Å². The van der Waals surface area contributed by atoms with Crippen molar-refractivity contribution in [1.82, 2.24) is 10.3 Å². The quantitative estimate of drug-likeness (QED) is 0.617. The average molecular weight is 259 g/mol. The lowest BCUT2D eigenvalue weighted by Gasteiger charge is -2.14. The zero-order valence-electron chi connectivity index (χ0n) is 9.77. The number of methoxy groups -OCH3 is 1. The molecule has 5 nitrogen and oxygen atoms in total. The van der Waals surface area contributed by atoms with E-state index in [1.807, 2.05) is 0 Å². The molecule has 1 aromatic rings. The van der Waals surface area contributed by atoms with Crippen molar-refractivity contribution in [2.75, 3.05) is 20.3 Å². The molecule has 0 aromatic carbocycles. The first-order chi connectivity index (χ1) is 8.15. The van der Waals surface area contributed by atoms with Crippen LogP contribution in [0.2, 0.25) is 5.15 Å². The predicted octanol–water partition coefficient (Wildman–Crippen LogP) is 1.26. The van der Waals surface area contributed by atoms with Gasteiger partial charge >= 0.3 is 0 Å². The summed E-state index contributed by atoms with van der Waals surface area (Å²) in [6.07, 6.45) is 0.923. The van der Waals surface area contributed by atoms with E-state index in [0.29, 0.717) is 18.9 Å². The third-order valence-corrected chi connectivity index (χ3v) is 2.29. The largest absolute Gasteiger partial charge is 0.478 e. The predicted molar refractivity (Wildman–Crippen MR) is 64.2 cm³/mol. The number of carbonyl (C=O) groups excluding carboxylic acids is 1. The van der Waals surface area contributed by atoms with Crippen LogP contribution in [0.1, 0.15) is 6.92 Å². The molecule has 6 heteroatoms. The van der Waals surface area contributed by atoms with E-state index in [4.69, 9.17) is 21.1 Å². The van der Waals surface area contributed by atoms with Gasteiger partial charge in [0.1, 0.15) is 0 Å². The smallest absolute Gasteiger partial charge is 0.260 e. The topological polar surface area (TPSA) is 60.5 Å². The summed E-state index contributed by atoms with van der Waals surface area (Å²) in [5.41, 5.74) is 0. The Bertz CT molecular complexity index is 373. The Morgan fingerprint density at radius 3 is 3.06 bits per heavy atom. The van der Waals surface area contributed by atoms with Crippen LogP contribution < -0.4 is 10.1 Å². The van der Waals surface area contributed by atoms with Crippen LogP contribution in [0.25, 0.3) is 0 Å². The Morgan fingerprint density at radius 2 is 2.41 bits per heavy atom. The Hall–Kier alpha value is -1.33. The molecule has 0 aliphatic carbocycles. The van der Waals surface area contributed by atoms with E-state index in [1.54, 1.807) is 32.4 Å². The summed E-state index contributed by atoms with van der Waals surface area (Å²) >= 11 is 5.81. The lowest BCUT2D eigenvalue weighted by molar-refractivity contribution is -0.127. The number of halogens is 1. The number of nitrogens with one attached hydrogen (secondary N) is 1. The molecule has 1 heterocycles. The summed E-state index contributed by atoms with van der Waals surface area (Å²) in [6, 6.07) is 3.35. The summed E-state index contributed by atoms with van der Waals surface area (Å²) in [7, 11) is 1.57. The Balaban J connectivity index is 2.46. The van der Waals surface area contributed by atoms with Gasteiger partial charge in [0.25, 0.3) is 5.91 Å². The number of carbonyl (C=O) groups is 1. The Labute approximate surface area is 105 Å². The van der Waals surface area contributed by atoms with Crippen molar-refractivity contribution in [3.8, 4) is 5.75 Å². The molecule has 0 bridgehead atoms. The van der Waals surface area contributed by atoms with Crippen LogP contribution >= 0.6 is 11.6 Å². The Morgan fingerprint density at radius 1 is 1.65 bits per heavy atom. The third-order valence-electron chi connectivity index (χ3n) is 2.00. The molecule has 94 valence electrons. The number of rotatable bonds is 6. The van der Waals surface area contributed by atoms with Crippen LogP contribution in [0.15, 0.2) is 18.3 Å². The van der Waals surface area contributed by atoms with Crippen LogP contribution in [0, 0.1) is 0 Å². The van der Waals surface area contributed by atoms with Gasteiger partial charge in [-0.1, -0.05) is 11.6 Å². The van der Waals surface area contributed by atoms with Crippen molar-refractivity contribution in [3.63, 3.8) is 0 Å². The van der Waals surface area contributed by atoms with Gasteiger partial charge in [0, 0.05) is 19.9 Å². The molecule has 1 unspecified atom stereocenters. The maximum atomic E-state index is 11.6. The van der Waals surface area contributed by atoms with Gasteiger partial charge in [-0.2, -0.15) is 0 Å². The summed E-state index contributed by atoms with van der Waals surface area (Å²) in [4.78, 5) is 15.4. The molecule has 0 spiro atoms. The maximum Gasteiger partial charge on any atom is 0.260 e. The number of amides is 1. The molecule has 0 saturated carbocycles. The van der Waals surface area contributed by atoms with E-state index in [-0.39, 0.29) is 11.1 Å². The van der Waals surface area contributed by atoms with E-state index in [0.717, 1.165) is 0 Å². The molecule has 1 aromatic heterocycles. The van der Waals surface area contributed by atoms with Crippen molar-refractivity contribution in [2.24, 2.45) is 0 Å². The zero-order valence-corrected chi connectivity index (χ0v) is 10.5. The lowest BCUT2D eigenvalue weighted by Crippen LogP contribution is -2.38. The molecule has 0 fully saturated rings. The number of hydrogen-bond acceptors (Lipinski definition) is 4. The van der Waals surface area contributed by atoms with Crippen LogP contribution in [0.4, 0.5) is 0 Å². The van der Waals surface area contributed by atoms with Crippen LogP contribution in [-0.2, 0) is 9.53 Å². The fourth-order valence-electron chi connectivity index (χ4n) is 1.12. The highest BCUT2D eigenvalue weighted by atomic mass is 35.5. The van der Waals surface area contributed by atoms with E-state index in [2.05, 4.69) is 10.3 Å². The van der Waals surface area contributed by atoms with Gasteiger partial charge in [-0.05, 0) is 19.1 Å². The minimum absolute atomic E-state index is 0.220. The second-order valence-corrected chi connectivity index (χ2v) is 3.69. The molecule has 1 atom stereocenters. The van der Waals surface area contributed by atoms with Crippen molar-refractivity contribution in [1.29, 1.82) is 0 Å². The van der Waals surface area contributed by atoms with Crippen molar-refractivity contribution in [3.05, 3.63) is 23.5 Å². The number of ether oxygens (including phenoxy) is 2. The van der Waals surface area contributed by atoms with Gasteiger partial charge in [-0.25, -0.2) is 4.98 Å². The van der Waals surface area contributed by atoms with E-state index in [9.17, 15) is 4.79 Å². The van der Waals surface area contributed by atoms with Crippen molar-refractivity contribution < 1.29 is 14.3 Å². The van der Waals surface area contributed by atoms with Crippen LogP contribution in [0.5, 0.6) is 5.75 Å². The Kier molecular flexibility index (Phi) is 5.72. The molecule has 0 saturated heterocycles. The molecule has 0 radical (unpaired) electrons. The normalized spacial score (nSPS) is 11.9. The van der Waals surface area contributed by atoms with Crippen molar-refractivity contribution in [2.45, 2.75) is 13.0 Å². The highest BCUT2D eigenvalue weighted by Crippen LogP contribution is 2.21. The molecular formula is C11H15ClN2O3. The summed E-state index contributed by atoms with van der Waals surface area (Å²) < 4.78 is 10.2. The first kappa shape index (κ1) is 13.7. The third kappa shape index (κ3) is 4.58. The summed E-state index contributed by atoms with van der Waals surface area (Å²) in [5.74, 6) is 0.172. The second-order valence-electron chi connectivity index (χ2n) is 3.34. The minimum Gasteiger partial charge on any atom is -0.478 e. The molecule has 0 aliphatic rings. The first-order valence-corrected chi connectivity index (χ1v) is 5.56. The number of pyridine rings is 1. The summed E-state index contributed by atoms with van der Waals surface area (Å²) in [5, 5.41) is 2.91. The molecule has 1 rings (SSSR count). The highest BCUT2D eigenvalue weighted by Gasteiger charge is 2.15. The summed E-state index contributed by atoms with van der Waals surface area (Å²) in [6.45, 7) is 2.56. The lowest BCUT2D eigenvalue weighted by atomic mass is 10.3. The fourth-order valence-corrected chi connectivity index (χ4v) is 1.29. The van der Waals surface area contributed by atoms with E-state index in [1.165, 1.54) is 0 Å². The number of aromatic nitrogens is 1. The zero-order chi connectivity index (χ0) is 12.7. The first-order valence-electron chi connectivity index (χ1n) is 5.19. The van der Waals surface area contributed by atoms with E-state index < -0.39 is 6.10 Å². The minimum atomic E-state index is -0.631. The highest BCUT2D eigenvalue weighted by molar-refractivity contribution is 6.30. The van der Waals surface area contributed by atoms with E-state index >= 15 is 0 Å². The molecule has 0 aliphatic heterocycles. The van der Waals surface area contributed by atoms with Crippen LogP contribution in [-0.4, -0.2) is 37.3 Å². The fraction of sp³-hybridized carbons (Fsp3) is 0.455. The van der Waals surface area contributed by atoms with Gasteiger partial charge in [-0.15, -0.1) is 0 Å². The molecule has 17 heavy (non-hydrogen) atoms. The molecular weight excluding hydrogens is 244 g/mol. The second kappa shape index (κ2) is 7.09.